The van der Waals surface area contributed by atoms with Gasteiger partial charge in [-0.2, -0.15) is 0 Å². The molecule has 0 saturated carbocycles. The quantitative estimate of drug-likeness (QED) is 0.0504. The van der Waals surface area contributed by atoms with Crippen molar-refractivity contribution in [2.75, 3.05) is 32.8 Å². The van der Waals surface area contributed by atoms with Crippen LogP contribution in [0.15, 0.2) is 0 Å². The van der Waals surface area contributed by atoms with E-state index in [9.17, 15) is 9.59 Å². The molecule has 6 heteroatoms. The molecule has 0 aromatic carbocycles. The highest BCUT2D eigenvalue weighted by Gasteiger charge is 2.14. The van der Waals surface area contributed by atoms with Crippen molar-refractivity contribution in [3.05, 3.63) is 0 Å². The largest absolute Gasteiger partial charge is 0.466 e. The van der Waals surface area contributed by atoms with Gasteiger partial charge in [0, 0.05) is 12.8 Å². The minimum absolute atomic E-state index is 0.00104. The van der Waals surface area contributed by atoms with Crippen LogP contribution in [0.2, 0.25) is 0 Å². The number of ether oxygens (including phenoxy) is 2. The highest BCUT2D eigenvalue weighted by Crippen LogP contribution is 2.21. The number of hydrogen-bond acceptors (Lipinski definition) is 6. The molecule has 298 valence electrons. The van der Waals surface area contributed by atoms with Crippen LogP contribution in [0.1, 0.15) is 227 Å². The molecule has 0 aliphatic heterocycles. The Morgan fingerprint density at radius 2 is 0.900 bits per heavy atom. The molecule has 0 saturated heterocycles. The lowest BCUT2D eigenvalue weighted by molar-refractivity contribution is -0.150. The molecular weight excluding hydrogens is 620 g/mol. The first-order chi connectivity index (χ1) is 24.5. The second kappa shape index (κ2) is 39.1. The van der Waals surface area contributed by atoms with E-state index >= 15 is 0 Å². The highest BCUT2D eigenvalue weighted by molar-refractivity contribution is 5.69. The SMILES string of the molecule is CCCCCC(CCCCC)CCOC(=O)CCCCCCCN(CCCCN)CCCCCCCC(=O)OC(CCCCC)CCCCC. The van der Waals surface area contributed by atoms with Crippen molar-refractivity contribution in [2.24, 2.45) is 11.7 Å². The number of nitrogens with two attached hydrogens (primary N) is 1. The van der Waals surface area contributed by atoms with Crippen molar-refractivity contribution >= 4 is 11.9 Å². The number of hydrogen-bond donors (Lipinski definition) is 1. The van der Waals surface area contributed by atoms with Gasteiger partial charge in [0.15, 0.2) is 0 Å². The predicted octanol–water partition coefficient (Wildman–Crippen LogP) is 12.5. The summed E-state index contributed by atoms with van der Waals surface area (Å²) in [6.07, 6.45) is 35.7. The number of esters is 2. The molecule has 0 radical (unpaired) electrons. The first kappa shape index (κ1) is 48.9. The lowest BCUT2D eigenvalue weighted by atomic mass is 9.92. The smallest absolute Gasteiger partial charge is 0.306 e. The third-order valence-corrected chi connectivity index (χ3v) is 10.4. The molecule has 0 rings (SSSR count). The van der Waals surface area contributed by atoms with Gasteiger partial charge in [0.2, 0.25) is 0 Å². The molecule has 0 amide bonds. The fourth-order valence-electron chi connectivity index (χ4n) is 7.05. The van der Waals surface area contributed by atoms with Crippen LogP contribution in [-0.4, -0.2) is 55.7 Å². The van der Waals surface area contributed by atoms with Crippen molar-refractivity contribution in [1.29, 1.82) is 0 Å². The van der Waals surface area contributed by atoms with E-state index in [4.69, 9.17) is 15.2 Å². The summed E-state index contributed by atoms with van der Waals surface area (Å²) in [5, 5.41) is 0. The Labute approximate surface area is 312 Å². The zero-order valence-corrected chi connectivity index (χ0v) is 34.3. The summed E-state index contributed by atoms with van der Waals surface area (Å²) in [6, 6.07) is 0. The van der Waals surface area contributed by atoms with Gasteiger partial charge in [-0.3, -0.25) is 9.59 Å². The van der Waals surface area contributed by atoms with E-state index in [-0.39, 0.29) is 18.0 Å². The monoisotopic (exact) mass is 709 g/mol. The van der Waals surface area contributed by atoms with Crippen molar-refractivity contribution < 1.29 is 19.1 Å². The minimum atomic E-state index is 0.00104. The maximum Gasteiger partial charge on any atom is 0.306 e. The zero-order chi connectivity index (χ0) is 36.8. The van der Waals surface area contributed by atoms with Crippen LogP contribution in [0.3, 0.4) is 0 Å². The molecule has 0 aromatic heterocycles. The Balaban J connectivity index is 4.10. The third-order valence-electron chi connectivity index (χ3n) is 10.4. The molecule has 0 unspecified atom stereocenters. The Bertz CT molecular complexity index is 698. The van der Waals surface area contributed by atoms with Gasteiger partial charge in [-0.1, -0.05) is 143 Å². The Hall–Kier alpha value is -1.14. The van der Waals surface area contributed by atoms with Crippen molar-refractivity contribution in [1.82, 2.24) is 4.90 Å². The lowest BCUT2D eigenvalue weighted by Crippen LogP contribution is -2.27. The van der Waals surface area contributed by atoms with E-state index in [1.54, 1.807) is 0 Å². The molecule has 0 atom stereocenters. The summed E-state index contributed by atoms with van der Waals surface area (Å²) < 4.78 is 11.5. The van der Waals surface area contributed by atoms with Crippen LogP contribution in [-0.2, 0) is 19.1 Å². The number of rotatable bonds is 40. The number of carbonyl (C=O) groups excluding carboxylic acids is 2. The van der Waals surface area contributed by atoms with Gasteiger partial charge in [-0.05, 0) is 103 Å². The summed E-state index contributed by atoms with van der Waals surface area (Å²) in [7, 11) is 0. The second-order valence-electron chi connectivity index (χ2n) is 15.3. The highest BCUT2D eigenvalue weighted by atomic mass is 16.5. The Morgan fingerprint density at radius 3 is 1.38 bits per heavy atom. The fraction of sp³-hybridized carbons (Fsp3) is 0.955. The molecule has 0 heterocycles. The Kier molecular flexibility index (Phi) is 38.2. The van der Waals surface area contributed by atoms with Gasteiger partial charge in [-0.15, -0.1) is 0 Å². The molecule has 0 aromatic rings. The fourth-order valence-corrected chi connectivity index (χ4v) is 7.05. The molecular formula is C44H88N2O4. The number of nitrogens with zero attached hydrogens (tertiary/aromatic N) is 1. The maximum absolute atomic E-state index is 12.5. The number of carbonyl (C=O) groups is 2. The maximum atomic E-state index is 12.5. The van der Waals surface area contributed by atoms with E-state index in [2.05, 4.69) is 32.6 Å². The molecule has 0 bridgehead atoms. The molecule has 0 aliphatic carbocycles. The van der Waals surface area contributed by atoms with E-state index < -0.39 is 0 Å². The summed E-state index contributed by atoms with van der Waals surface area (Å²) in [5.74, 6) is 0.737. The zero-order valence-electron chi connectivity index (χ0n) is 34.3. The summed E-state index contributed by atoms with van der Waals surface area (Å²) in [4.78, 5) is 27.5. The Morgan fingerprint density at radius 1 is 0.480 bits per heavy atom. The summed E-state index contributed by atoms with van der Waals surface area (Å²) in [6.45, 7) is 13.8. The molecule has 2 N–H and O–H groups in total. The van der Waals surface area contributed by atoms with E-state index in [0.717, 1.165) is 83.5 Å². The molecule has 0 fully saturated rings. The standard InChI is InChI=1S/C44H88N2O4/c1-5-9-19-29-41(30-20-10-6-2)35-40-49-43(47)33-23-15-13-17-26-37-46(39-28-25-36-45)38-27-18-14-16-24-34-44(48)50-42(31-21-11-7-3)32-22-12-8-4/h41-42H,5-40,45H2,1-4H3. The normalized spacial score (nSPS) is 11.7. The summed E-state index contributed by atoms with van der Waals surface area (Å²) in [5.41, 5.74) is 5.77. The molecule has 6 nitrogen and oxygen atoms in total. The van der Waals surface area contributed by atoms with Crippen LogP contribution < -0.4 is 5.73 Å². The van der Waals surface area contributed by atoms with Crippen molar-refractivity contribution in [3.63, 3.8) is 0 Å². The average molecular weight is 709 g/mol. The molecule has 50 heavy (non-hydrogen) atoms. The van der Waals surface area contributed by atoms with Crippen LogP contribution in [0.5, 0.6) is 0 Å². The van der Waals surface area contributed by atoms with E-state index in [0.29, 0.717) is 19.4 Å². The van der Waals surface area contributed by atoms with Crippen LogP contribution >= 0.6 is 0 Å². The van der Waals surface area contributed by atoms with Gasteiger partial charge in [0.05, 0.1) is 6.61 Å². The second-order valence-corrected chi connectivity index (χ2v) is 15.3. The topological polar surface area (TPSA) is 81.9 Å². The van der Waals surface area contributed by atoms with Crippen molar-refractivity contribution in [3.8, 4) is 0 Å². The van der Waals surface area contributed by atoms with Gasteiger partial charge < -0.3 is 20.1 Å². The third kappa shape index (κ3) is 34.0. The van der Waals surface area contributed by atoms with E-state index in [1.807, 2.05) is 0 Å². The predicted molar refractivity (Wildman–Crippen MR) is 216 cm³/mol. The van der Waals surface area contributed by atoms with Crippen molar-refractivity contribution in [2.45, 2.75) is 233 Å². The first-order valence-corrected chi connectivity index (χ1v) is 22.3. The van der Waals surface area contributed by atoms with Crippen LogP contribution in [0.4, 0.5) is 0 Å². The summed E-state index contributed by atoms with van der Waals surface area (Å²) >= 11 is 0. The average Bonchev–Trinajstić information content (AvgIpc) is 3.10. The van der Waals surface area contributed by atoms with Gasteiger partial charge in [-0.25, -0.2) is 0 Å². The van der Waals surface area contributed by atoms with Gasteiger partial charge >= 0.3 is 11.9 Å². The number of unbranched alkanes of at least 4 members (excludes halogenated alkanes) is 17. The van der Waals surface area contributed by atoms with E-state index in [1.165, 1.54) is 135 Å². The lowest BCUT2D eigenvalue weighted by Gasteiger charge is -2.22. The molecule has 0 spiro atoms. The van der Waals surface area contributed by atoms with Gasteiger partial charge in [0.25, 0.3) is 0 Å². The molecule has 0 aliphatic rings. The first-order valence-electron chi connectivity index (χ1n) is 22.3. The van der Waals surface area contributed by atoms with Crippen LogP contribution in [0.25, 0.3) is 0 Å². The minimum Gasteiger partial charge on any atom is -0.466 e. The van der Waals surface area contributed by atoms with Crippen LogP contribution in [0, 0.1) is 5.92 Å². The van der Waals surface area contributed by atoms with Gasteiger partial charge in [0.1, 0.15) is 6.10 Å².